The van der Waals surface area contributed by atoms with Gasteiger partial charge in [0.15, 0.2) is 5.82 Å². The number of fused-ring (bicyclic) bond motifs is 1. The molecule has 0 unspecified atom stereocenters. The predicted molar refractivity (Wildman–Crippen MR) is 119 cm³/mol. The quantitative estimate of drug-likeness (QED) is 0.563. The van der Waals surface area contributed by atoms with Gasteiger partial charge >= 0.3 is 6.18 Å². The van der Waals surface area contributed by atoms with Crippen molar-refractivity contribution >= 4 is 46.3 Å². The fourth-order valence-electron chi connectivity index (χ4n) is 3.39. The van der Waals surface area contributed by atoms with Crippen LogP contribution in [0.1, 0.15) is 17.5 Å². The van der Waals surface area contributed by atoms with Crippen LogP contribution in [0.5, 0.6) is 0 Å². The highest BCUT2D eigenvalue weighted by Gasteiger charge is 2.34. The van der Waals surface area contributed by atoms with Crippen molar-refractivity contribution in [1.29, 1.82) is 0 Å². The first-order valence-electron chi connectivity index (χ1n) is 9.77. The number of aliphatic imine (C=N–C) groups is 1. The van der Waals surface area contributed by atoms with Gasteiger partial charge in [0.2, 0.25) is 11.8 Å². The monoisotopic (exact) mass is 472 g/mol. The molecule has 6 nitrogen and oxygen atoms in total. The highest BCUT2D eigenvalue weighted by atomic mass is 35.5. The van der Waals surface area contributed by atoms with Crippen LogP contribution in [0.2, 0.25) is 5.02 Å². The minimum Gasteiger partial charge on any atom is -0.324 e. The summed E-state index contributed by atoms with van der Waals surface area (Å²) in [5.74, 6) is -1.16. The number of hydrogen-bond donors (Lipinski definition) is 1. The van der Waals surface area contributed by atoms with Crippen LogP contribution in [0.3, 0.4) is 0 Å². The number of aromatic nitrogens is 1. The summed E-state index contributed by atoms with van der Waals surface area (Å²) in [4.78, 5) is 35.6. The van der Waals surface area contributed by atoms with Crippen molar-refractivity contribution in [2.45, 2.75) is 12.6 Å². The number of hydrogen-bond acceptors (Lipinski definition) is 4. The molecule has 2 heterocycles. The van der Waals surface area contributed by atoms with Gasteiger partial charge in [0, 0.05) is 11.2 Å². The maximum Gasteiger partial charge on any atom is 0.418 e. The summed E-state index contributed by atoms with van der Waals surface area (Å²) in [6.45, 7) is -0.551. The first-order valence-corrected chi connectivity index (χ1v) is 10.1. The number of nitrogens with zero attached hydrogens (tertiary/aromatic N) is 3. The maximum absolute atomic E-state index is 13.3. The van der Waals surface area contributed by atoms with Gasteiger partial charge in [-0.05, 0) is 35.9 Å². The van der Waals surface area contributed by atoms with Gasteiger partial charge in [-0.1, -0.05) is 41.9 Å². The van der Waals surface area contributed by atoms with Crippen molar-refractivity contribution in [2.75, 3.05) is 16.8 Å². The molecule has 0 aliphatic carbocycles. The van der Waals surface area contributed by atoms with E-state index < -0.39 is 35.8 Å². The van der Waals surface area contributed by atoms with Crippen LogP contribution in [0.4, 0.5) is 30.4 Å². The summed E-state index contributed by atoms with van der Waals surface area (Å²) in [6.07, 6.45) is -3.37. The van der Waals surface area contributed by atoms with E-state index in [4.69, 9.17) is 11.6 Å². The Balaban J connectivity index is 1.62. The zero-order chi connectivity index (χ0) is 23.6. The Morgan fingerprint density at radius 1 is 1.09 bits per heavy atom. The topological polar surface area (TPSA) is 74.7 Å². The number of pyridine rings is 1. The van der Waals surface area contributed by atoms with E-state index >= 15 is 0 Å². The van der Waals surface area contributed by atoms with E-state index in [2.05, 4.69) is 15.3 Å². The van der Waals surface area contributed by atoms with Crippen LogP contribution < -0.4 is 10.2 Å². The molecule has 0 atom stereocenters. The molecule has 0 bridgehead atoms. The minimum atomic E-state index is -4.70. The summed E-state index contributed by atoms with van der Waals surface area (Å²) in [5.41, 5.74) is 0.0572. The molecule has 0 fully saturated rings. The molecule has 10 heteroatoms. The molecule has 1 aliphatic heterocycles. The van der Waals surface area contributed by atoms with Crippen molar-refractivity contribution in [3.05, 3.63) is 83.0 Å². The van der Waals surface area contributed by atoms with E-state index in [0.29, 0.717) is 11.4 Å². The minimum absolute atomic E-state index is 0.0251. The molecule has 0 radical (unpaired) electrons. The molecule has 0 saturated carbocycles. The lowest BCUT2D eigenvalue weighted by molar-refractivity contribution is -0.137. The Bertz CT molecular complexity index is 1250. The Kier molecular flexibility index (Phi) is 6.15. The Labute approximate surface area is 191 Å². The molecule has 2 amide bonds. The Morgan fingerprint density at radius 2 is 1.85 bits per heavy atom. The number of nitrogens with one attached hydrogen (secondary N) is 1. The third-order valence-electron chi connectivity index (χ3n) is 4.87. The number of amides is 2. The number of alkyl halides is 3. The average molecular weight is 473 g/mol. The standard InChI is InChI=1S/C23H16ClF3N4O2/c24-15-8-9-16(23(25,26)27)19(11-15)30-20(32)13-31-21(33)12-18(14-5-2-1-3-6-14)29-17-7-4-10-28-22(17)31/h1-11H,12-13H2,(H,30,32). The van der Waals surface area contributed by atoms with E-state index in [-0.39, 0.29) is 17.3 Å². The van der Waals surface area contributed by atoms with Crippen LogP contribution in [0.15, 0.2) is 71.9 Å². The molecule has 1 N–H and O–H groups in total. The largest absolute Gasteiger partial charge is 0.418 e. The lowest BCUT2D eigenvalue weighted by Gasteiger charge is -2.21. The zero-order valence-corrected chi connectivity index (χ0v) is 17.7. The smallest absolute Gasteiger partial charge is 0.324 e. The molecular weight excluding hydrogens is 457 g/mol. The SMILES string of the molecule is O=C(CN1C(=O)CC(c2ccccc2)=Nc2cccnc21)Nc1cc(Cl)ccc1C(F)(F)F. The van der Waals surface area contributed by atoms with E-state index in [1.54, 1.807) is 12.1 Å². The van der Waals surface area contributed by atoms with E-state index in [1.807, 2.05) is 30.3 Å². The Morgan fingerprint density at radius 3 is 2.58 bits per heavy atom. The molecule has 0 saturated heterocycles. The summed E-state index contributed by atoms with van der Waals surface area (Å²) in [5, 5.41) is 2.24. The van der Waals surface area contributed by atoms with Crippen molar-refractivity contribution < 1.29 is 22.8 Å². The van der Waals surface area contributed by atoms with Gasteiger partial charge in [0.05, 0.1) is 23.4 Å². The Hall–Kier alpha value is -3.72. The molecule has 33 heavy (non-hydrogen) atoms. The van der Waals surface area contributed by atoms with Crippen molar-refractivity contribution in [2.24, 2.45) is 4.99 Å². The summed E-state index contributed by atoms with van der Waals surface area (Å²) < 4.78 is 40.0. The summed E-state index contributed by atoms with van der Waals surface area (Å²) in [6, 6.07) is 15.2. The van der Waals surface area contributed by atoms with E-state index in [9.17, 15) is 22.8 Å². The third kappa shape index (κ3) is 5.04. The first kappa shape index (κ1) is 22.5. The highest BCUT2D eigenvalue weighted by molar-refractivity contribution is 6.31. The lowest BCUT2D eigenvalue weighted by Crippen LogP contribution is -2.39. The predicted octanol–water partition coefficient (Wildman–Crippen LogP) is 5.25. The number of anilines is 2. The average Bonchev–Trinajstić information content (AvgIpc) is 2.90. The molecule has 168 valence electrons. The number of rotatable bonds is 4. The van der Waals surface area contributed by atoms with E-state index in [1.165, 1.54) is 6.20 Å². The highest BCUT2D eigenvalue weighted by Crippen LogP contribution is 2.36. The van der Waals surface area contributed by atoms with Crippen LogP contribution in [-0.2, 0) is 15.8 Å². The summed E-state index contributed by atoms with van der Waals surface area (Å²) >= 11 is 5.82. The van der Waals surface area contributed by atoms with Crippen LogP contribution in [-0.4, -0.2) is 29.1 Å². The second-order valence-electron chi connectivity index (χ2n) is 7.16. The number of halogens is 4. The third-order valence-corrected chi connectivity index (χ3v) is 5.10. The molecule has 1 aromatic heterocycles. The lowest BCUT2D eigenvalue weighted by atomic mass is 10.1. The molecule has 2 aromatic carbocycles. The molecular formula is C23H16ClF3N4O2. The van der Waals surface area contributed by atoms with Crippen LogP contribution >= 0.6 is 11.6 Å². The molecule has 0 spiro atoms. The maximum atomic E-state index is 13.3. The normalized spacial score (nSPS) is 13.8. The molecule has 3 aromatic rings. The fraction of sp³-hybridized carbons (Fsp3) is 0.130. The number of benzene rings is 2. The second kappa shape index (κ2) is 9.03. The van der Waals surface area contributed by atoms with E-state index in [0.717, 1.165) is 28.7 Å². The van der Waals surface area contributed by atoms with Gasteiger partial charge in [-0.2, -0.15) is 13.2 Å². The van der Waals surface area contributed by atoms with Gasteiger partial charge in [-0.3, -0.25) is 14.5 Å². The molecule has 4 rings (SSSR count). The number of carbonyl (C=O) groups is 2. The van der Waals surface area contributed by atoms with Crippen molar-refractivity contribution in [1.82, 2.24) is 4.98 Å². The van der Waals surface area contributed by atoms with Gasteiger partial charge in [0.1, 0.15) is 12.2 Å². The first-order chi connectivity index (χ1) is 15.7. The van der Waals surface area contributed by atoms with Crippen LogP contribution in [0.25, 0.3) is 0 Å². The zero-order valence-electron chi connectivity index (χ0n) is 16.9. The van der Waals surface area contributed by atoms with Crippen molar-refractivity contribution in [3.8, 4) is 0 Å². The van der Waals surface area contributed by atoms with Crippen molar-refractivity contribution in [3.63, 3.8) is 0 Å². The van der Waals surface area contributed by atoms with Gasteiger partial charge in [0.25, 0.3) is 0 Å². The molecule has 1 aliphatic rings. The number of carbonyl (C=O) groups excluding carboxylic acids is 2. The van der Waals surface area contributed by atoms with Gasteiger partial charge < -0.3 is 5.32 Å². The van der Waals surface area contributed by atoms with Gasteiger partial charge in [-0.25, -0.2) is 9.98 Å². The second-order valence-corrected chi connectivity index (χ2v) is 7.60. The fourth-order valence-corrected chi connectivity index (χ4v) is 3.56. The van der Waals surface area contributed by atoms with Crippen LogP contribution in [0, 0.1) is 0 Å². The van der Waals surface area contributed by atoms with Gasteiger partial charge in [-0.15, -0.1) is 0 Å². The summed E-state index contributed by atoms with van der Waals surface area (Å²) in [7, 11) is 0.